The standard InChI is InChI=1S/C22H24N2O4S/c25-20(16-6-2-1-3-7-16)18-19(17-8-4-15-29-17)24(22(27)21(18)26)10-5-9-23-11-13-28-14-12-23/h1-4,6-8,15,19,25H,5,9-14H2/b20-18+. The van der Waals surface area contributed by atoms with Crippen LogP contribution in [0.25, 0.3) is 5.76 Å². The van der Waals surface area contributed by atoms with Gasteiger partial charge < -0.3 is 19.6 Å². The monoisotopic (exact) mass is 412 g/mol. The quantitative estimate of drug-likeness (QED) is 0.420. The Bertz CT molecular complexity index is 889. The molecule has 152 valence electrons. The maximum Gasteiger partial charge on any atom is 0.295 e. The number of likely N-dealkylation sites (tertiary alicyclic amines) is 1. The van der Waals surface area contributed by atoms with Crippen LogP contribution in [0.3, 0.4) is 0 Å². The van der Waals surface area contributed by atoms with Crippen molar-refractivity contribution in [2.45, 2.75) is 12.5 Å². The number of ketones is 1. The lowest BCUT2D eigenvalue weighted by Gasteiger charge is -2.28. The van der Waals surface area contributed by atoms with E-state index in [0.717, 1.165) is 44.1 Å². The summed E-state index contributed by atoms with van der Waals surface area (Å²) in [7, 11) is 0. The third-order valence-electron chi connectivity index (χ3n) is 5.51. The van der Waals surface area contributed by atoms with Gasteiger partial charge in [-0.1, -0.05) is 42.2 Å². The van der Waals surface area contributed by atoms with E-state index >= 15 is 0 Å². The van der Waals surface area contributed by atoms with Gasteiger partial charge in [0.1, 0.15) is 13.1 Å². The van der Waals surface area contributed by atoms with Crippen LogP contribution in [0.5, 0.6) is 0 Å². The minimum absolute atomic E-state index is 0.0716. The molecule has 0 spiro atoms. The molecule has 1 aromatic heterocycles. The molecule has 0 radical (unpaired) electrons. The fraction of sp³-hybridized carbons (Fsp3) is 0.364. The van der Waals surface area contributed by atoms with E-state index in [-0.39, 0.29) is 11.3 Å². The van der Waals surface area contributed by atoms with E-state index in [1.165, 1.54) is 16.2 Å². The molecule has 2 aliphatic rings. The molecule has 1 amide bonds. The summed E-state index contributed by atoms with van der Waals surface area (Å²) in [5, 5.41) is 15.0. The van der Waals surface area contributed by atoms with Gasteiger partial charge in [-0.15, -0.1) is 11.3 Å². The van der Waals surface area contributed by atoms with E-state index in [4.69, 9.17) is 4.74 Å². The number of hydrogen-bond donors (Lipinski definition) is 1. The average Bonchev–Trinajstić information content (AvgIpc) is 3.37. The SMILES string of the molecule is O=C1C(=O)N(CCC[NH+]2CCOCC2)C(c2cccs2)/C1=C(\[O-])c1ccccc1. The van der Waals surface area contributed by atoms with Gasteiger partial charge in [-0.25, -0.2) is 0 Å². The zero-order valence-electron chi connectivity index (χ0n) is 16.1. The maximum atomic E-state index is 13.1. The molecule has 1 unspecified atom stereocenters. The van der Waals surface area contributed by atoms with Gasteiger partial charge in [0.2, 0.25) is 5.78 Å². The number of morpholine rings is 1. The first-order chi connectivity index (χ1) is 14.2. The highest BCUT2D eigenvalue weighted by atomic mass is 32.1. The second-order valence-corrected chi connectivity index (χ2v) is 8.30. The molecule has 0 aliphatic carbocycles. The van der Waals surface area contributed by atoms with E-state index in [0.29, 0.717) is 12.1 Å². The van der Waals surface area contributed by atoms with Crippen LogP contribution in [0.15, 0.2) is 53.4 Å². The second kappa shape index (κ2) is 8.90. The Morgan fingerprint density at radius 1 is 1.14 bits per heavy atom. The molecule has 1 N–H and O–H groups in total. The molecule has 2 aliphatic heterocycles. The number of rotatable bonds is 6. The predicted molar refractivity (Wildman–Crippen MR) is 108 cm³/mol. The molecule has 2 saturated heterocycles. The Balaban J connectivity index is 1.60. The number of carbonyl (C=O) groups excluding carboxylic acids is 2. The zero-order chi connectivity index (χ0) is 20.2. The summed E-state index contributed by atoms with van der Waals surface area (Å²) in [4.78, 5) is 29.5. The highest BCUT2D eigenvalue weighted by Gasteiger charge is 2.44. The van der Waals surface area contributed by atoms with Crippen molar-refractivity contribution < 1.29 is 24.3 Å². The van der Waals surface area contributed by atoms with Crippen molar-refractivity contribution in [3.8, 4) is 0 Å². The first kappa shape index (κ1) is 19.8. The number of hydrogen-bond acceptors (Lipinski definition) is 5. The van der Waals surface area contributed by atoms with E-state index in [1.807, 2.05) is 23.6 Å². The molecule has 1 atom stereocenters. The van der Waals surface area contributed by atoms with Gasteiger partial charge in [-0.3, -0.25) is 9.59 Å². The lowest BCUT2D eigenvalue weighted by molar-refractivity contribution is -0.908. The number of benzene rings is 1. The van der Waals surface area contributed by atoms with E-state index in [2.05, 4.69) is 0 Å². The summed E-state index contributed by atoms with van der Waals surface area (Å²) in [5.74, 6) is -1.60. The van der Waals surface area contributed by atoms with Crippen LogP contribution < -0.4 is 10.0 Å². The molecular formula is C22H24N2O4S. The van der Waals surface area contributed by atoms with E-state index in [9.17, 15) is 14.7 Å². The van der Waals surface area contributed by atoms with Crippen molar-refractivity contribution in [1.82, 2.24) is 4.90 Å². The van der Waals surface area contributed by atoms with Gasteiger partial charge in [0.15, 0.2) is 0 Å². The van der Waals surface area contributed by atoms with Crippen LogP contribution in [-0.4, -0.2) is 56.0 Å². The number of quaternary nitrogens is 1. The lowest BCUT2D eigenvalue weighted by Crippen LogP contribution is -3.14. The van der Waals surface area contributed by atoms with Crippen molar-refractivity contribution in [3.05, 3.63) is 63.9 Å². The molecule has 0 bridgehead atoms. The molecule has 3 heterocycles. The average molecular weight is 413 g/mol. The smallest absolute Gasteiger partial charge is 0.295 e. The number of carbonyl (C=O) groups is 2. The Labute approximate surface area is 174 Å². The summed E-state index contributed by atoms with van der Waals surface area (Å²) in [6.07, 6.45) is 0.781. The molecule has 1 aromatic carbocycles. The summed E-state index contributed by atoms with van der Waals surface area (Å²) in [6.45, 7) is 4.83. The molecule has 0 saturated carbocycles. The third-order valence-corrected chi connectivity index (χ3v) is 6.43. The van der Waals surface area contributed by atoms with Gasteiger partial charge in [-0.05, 0) is 17.0 Å². The first-order valence-electron chi connectivity index (χ1n) is 9.93. The van der Waals surface area contributed by atoms with Crippen LogP contribution in [0.2, 0.25) is 0 Å². The number of amides is 1. The Hall–Kier alpha value is -2.48. The van der Waals surface area contributed by atoms with Crippen molar-refractivity contribution in [1.29, 1.82) is 0 Å². The topological polar surface area (TPSA) is 74.1 Å². The highest BCUT2D eigenvalue weighted by molar-refractivity contribution is 7.10. The van der Waals surface area contributed by atoms with Crippen molar-refractivity contribution >= 4 is 28.8 Å². The van der Waals surface area contributed by atoms with Crippen LogP contribution >= 0.6 is 11.3 Å². The van der Waals surface area contributed by atoms with E-state index < -0.39 is 17.7 Å². The Morgan fingerprint density at radius 3 is 2.59 bits per heavy atom. The van der Waals surface area contributed by atoms with Gasteiger partial charge in [0.05, 0.1) is 25.8 Å². The minimum atomic E-state index is -0.670. The normalized spacial score (nSPS) is 22.3. The van der Waals surface area contributed by atoms with Gasteiger partial charge in [-0.2, -0.15) is 0 Å². The molecule has 6 nitrogen and oxygen atoms in total. The van der Waals surface area contributed by atoms with Gasteiger partial charge in [0, 0.05) is 23.4 Å². The largest absolute Gasteiger partial charge is 0.872 e. The van der Waals surface area contributed by atoms with E-state index in [1.54, 1.807) is 29.2 Å². The number of Topliss-reactive ketones (excluding diaryl/α,β-unsaturated/α-hetero) is 1. The highest BCUT2D eigenvalue weighted by Crippen LogP contribution is 2.40. The lowest BCUT2D eigenvalue weighted by atomic mass is 10.00. The minimum Gasteiger partial charge on any atom is -0.872 e. The second-order valence-electron chi connectivity index (χ2n) is 7.32. The van der Waals surface area contributed by atoms with Crippen molar-refractivity contribution in [3.63, 3.8) is 0 Å². The Kier molecular flexibility index (Phi) is 6.08. The number of nitrogens with one attached hydrogen (secondary N) is 1. The predicted octanol–water partition coefficient (Wildman–Crippen LogP) is 0.277. The number of nitrogens with zero attached hydrogens (tertiary/aromatic N) is 1. The van der Waals surface area contributed by atoms with Gasteiger partial charge >= 0.3 is 0 Å². The molecule has 29 heavy (non-hydrogen) atoms. The third kappa shape index (κ3) is 4.12. The number of thiophene rings is 1. The summed E-state index contributed by atoms with van der Waals surface area (Å²) in [6, 6.07) is 11.9. The fourth-order valence-corrected chi connectivity index (χ4v) is 4.84. The van der Waals surface area contributed by atoms with Crippen LogP contribution in [0.4, 0.5) is 0 Å². The Morgan fingerprint density at radius 2 is 1.90 bits per heavy atom. The molecule has 4 rings (SSSR count). The molecule has 7 heteroatoms. The number of ether oxygens (including phenoxy) is 1. The van der Waals surface area contributed by atoms with Crippen LogP contribution in [0, 0.1) is 0 Å². The molecule has 2 fully saturated rings. The molecule has 2 aromatic rings. The maximum absolute atomic E-state index is 13.1. The van der Waals surface area contributed by atoms with Crippen LogP contribution in [0.1, 0.15) is 22.9 Å². The summed E-state index contributed by atoms with van der Waals surface area (Å²) in [5.41, 5.74) is 0.507. The zero-order valence-corrected chi connectivity index (χ0v) is 17.0. The van der Waals surface area contributed by atoms with Gasteiger partial charge in [0.25, 0.3) is 5.91 Å². The molecular weight excluding hydrogens is 388 g/mol. The van der Waals surface area contributed by atoms with Crippen LogP contribution in [-0.2, 0) is 14.3 Å². The first-order valence-corrected chi connectivity index (χ1v) is 10.8. The van der Waals surface area contributed by atoms with Crippen molar-refractivity contribution in [2.75, 3.05) is 39.4 Å². The fourth-order valence-electron chi connectivity index (χ4n) is 4.00. The van der Waals surface area contributed by atoms with Crippen molar-refractivity contribution in [2.24, 2.45) is 0 Å². The summed E-state index contributed by atoms with van der Waals surface area (Å²) < 4.78 is 5.39. The summed E-state index contributed by atoms with van der Waals surface area (Å²) >= 11 is 1.46.